The molecule has 1 N–H and O–H groups in total. The predicted octanol–water partition coefficient (Wildman–Crippen LogP) is 6.96. The lowest BCUT2D eigenvalue weighted by atomic mass is 9.86. The minimum absolute atomic E-state index is 0.216. The summed E-state index contributed by atoms with van der Waals surface area (Å²) in [5, 5.41) is 9.54. The second-order valence-electron chi connectivity index (χ2n) is 10.4. The molecule has 192 valence electrons. The number of carboxylic acid groups (broad SMARTS) is 1. The highest BCUT2D eigenvalue weighted by Gasteiger charge is 2.26. The maximum Gasteiger partial charge on any atom is 0.335 e. The summed E-state index contributed by atoms with van der Waals surface area (Å²) in [6, 6.07) is 19.5. The molecule has 0 saturated carbocycles. The Morgan fingerprint density at radius 3 is 2.46 bits per heavy atom. The Bertz CT molecular complexity index is 1320. The molecule has 5 heteroatoms. The van der Waals surface area contributed by atoms with E-state index in [1.165, 1.54) is 5.56 Å². The summed E-state index contributed by atoms with van der Waals surface area (Å²) in [6.07, 6.45) is 4.03. The molecule has 1 aliphatic carbocycles. The number of fused-ring (bicyclic) bond motifs is 1. The van der Waals surface area contributed by atoms with E-state index in [4.69, 9.17) is 0 Å². The Morgan fingerprint density at radius 2 is 1.76 bits per heavy atom. The van der Waals surface area contributed by atoms with Crippen LogP contribution in [0.25, 0.3) is 11.1 Å². The summed E-state index contributed by atoms with van der Waals surface area (Å²) in [5.41, 5.74) is 8.31. The summed E-state index contributed by atoms with van der Waals surface area (Å²) in [6.45, 7) is 4.40. The fraction of sp³-hybridized carbons (Fsp3) is 0.344. The third kappa shape index (κ3) is 5.52. The molecule has 0 unspecified atom stereocenters. The summed E-state index contributed by atoms with van der Waals surface area (Å²) < 4.78 is 27.0. The number of rotatable bonds is 8. The zero-order valence-corrected chi connectivity index (χ0v) is 21.3. The van der Waals surface area contributed by atoms with Crippen LogP contribution >= 0.6 is 0 Å². The minimum Gasteiger partial charge on any atom is -0.478 e. The average molecular weight is 502 g/mol. The van der Waals surface area contributed by atoms with Gasteiger partial charge in [-0.1, -0.05) is 42.5 Å². The minimum atomic E-state index is -0.929. The number of carbonyl (C=O) groups is 1. The van der Waals surface area contributed by atoms with Gasteiger partial charge in [-0.05, 0) is 108 Å². The second kappa shape index (κ2) is 11.0. The number of halogens is 2. The molecule has 0 radical (unpaired) electrons. The van der Waals surface area contributed by atoms with Crippen molar-refractivity contribution in [1.29, 1.82) is 0 Å². The number of nitrogens with zero attached hydrogens (tertiary/aromatic N) is 1. The van der Waals surface area contributed by atoms with Crippen LogP contribution in [-0.4, -0.2) is 42.3 Å². The number of hydrogen-bond acceptors (Lipinski definition) is 2. The van der Waals surface area contributed by atoms with Gasteiger partial charge in [0.15, 0.2) is 0 Å². The summed E-state index contributed by atoms with van der Waals surface area (Å²) in [5.74, 6) is -0.544. The fourth-order valence-electron chi connectivity index (χ4n) is 5.73. The number of aromatic carboxylic acids is 1. The highest BCUT2D eigenvalue weighted by molar-refractivity contribution is 6.00. The SMILES string of the molecule is Cc1ccc(C2=C(c3ccc(CC4CN(CCCF)C4)cc3)c3ccc(C(=O)O)cc3CCC2)cc1F. The van der Waals surface area contributed by atoms with Gasteiger partial charge in [-0.2, -0.15) is 0 Å². The fourth-order valence-corrected chi connectivity index (χ4v) is 5.73. The molecule has 0 bridgehead atoms. The van der Waals surface area contributed by atoms with Gasteiger partial charge in [-0.25, -0.2) is 9.18 Å². The normalized spacial score (nSPS) is 16.3. The van der Waals surface area contributed by atoms with Crippen LogP contribution in [0.4, 0.5) is 8.78 Å². The van der Waals surface area contributed by atoms with E-state index in [1.54, 1.807) is 25.1 Å². The molecule has 3 aromatic carbocycles. The lowest BCUT2D eigenvalue weighted by Crippen LogP contribution is -2.47. The smallest absolute Gasteiger partial charge is 0.335 e. The first-order chi connectivity index (χ1) is 17.9. The van der Waals surface area contributed by atoms with Crippen molar-refractivity contribution in [3.63, 3.8) is 0 Å². The van der Waals surface area contributed by atoms with Crippen LogP contribution in [0.3, 0.4) is 0 Å². The van der Waals surface area contributed by atoms with Crippen LogP contribution in [0.1, 0.15) is 63.0 Å². The third-order valence-corrected chi connectivity index (χ3v) is 7.72. The van der Waals surface area contributed by atoms with Gasteiger partial charge in [0.05, 0.1) is 12.2 Å². The van der Waals surface area contributed by atoms with E-state index in [-0.39, 0.29) is 12.5 Å². The van der Waals surface area contributed by atoms with Gasteiger partial charge in [0.25, 0.3) is 0 Å². The quantitative estimate of drug-likeness (QED) is 0.363. The summed E-state index contributed by atoms with van der Waals surface area (Å²) in [7, 11) is 0. The molecule has 1 fully saturated rings. The topological polar surface area (TPSA) is 40.5 Å². The largest absolute Gasteiger partial charge is 0.478 e. The van der Waals surface area contributed by atoms with Crippen molar-refractivity contribution < 1.29 is 18.7 Å². The van der Waals surface area contributed by atoms with Gasteiger partial charge < -0.3 is 10.0 Å². The molecule has 0 amide bonds. The Morgan fingerprint density at radius 1 is 1.00 bits per heavy atom. The van der Waals surface area contributed by atoms with Crippen molar-refractivity contribution in [2.24, 2.45) is 5.92 Å². The molecule has 3 nitrogen and oxygen atoms in total. The Kier molecular flexibility index (Phi) is 7.52. The van der Waals surface area contributed by atoms with Crippen molar-refractivity contribution >= 4 is 17.1 Å². The van der Waals surface area contributed by atoms with Gasteiger partial charge in [-0.3, -0.25) is 4.39 Å². The number of likely N-dealkylation sites (tertiary alicyclic amines) is 1. The molecule has 1 heterocycles. The average Bonchev–Trinajstić information content (AvgIpc) is 3.06. The van der Waals surface area contributed by atoms with Crippen molar-refractivity contribution in [2.45, 2.75) is 39.0 Å². The first-order valence-electron chi connectivity index (χ1n) is 13.2. The second-order valence-corrected chi connectivity index (χ2v) is 10.4. The predicted molar refractivity (Wildman–Crippen MR) is 144 cm³/mol. The maximum atomic E-state index is 14.6. The van der Waals surface area contributed by atoms with E-state index in [0.717, 1.165) is 78.7 Å². The molecule has 37 heavy (non-hydrogen) atoms. The molecule has 1 aliphatic heterocycles. The van der Waals surface area contributed by atoms with E-state index in [2.05, 4.69) is 29.2 Å². The standard InChI is InChI=1S/C32H33F2NO2/c1-21-6-9-26(18-30(21)34)28-5-2-4-25-17-27(32(36)37)12-13-29(25)31(28)24-10-7-22(8-11-24)16-23-19-35(20-23)15-3-14-33/h6-13,17-18,23H,2-5,14-16,19-20H2,1H3,(H,36,37). The van der Waals surface area contributed by atoms with Crippen molar-refractivity contribution in [1.82, 2.24) is 4.90 Å². The highest BCUT2D eigenvalue weighted by atomic mass is 19.1. The molecule has 1 saturated heterocycles. The number of aryl methyl sites for hydroxylation is 2. The van der Waals surface area contributed by atoms with Crippen LogP contribution in [0.5, 0.6) is 0 Å². The van der Waals surface area contributed by atoms with Gasteiger partial charge in [-0.15, -0.1) is 0 Å². The van der Waals surface area contributed by atoms with Gasteiger partial charge in [0.2, 0.25) is 0 Å². The molecule has 2 aliphatic rings. The zero-order chi connectivity index (χ0) is 25.9. The Hall–Kier alpha value is -3.31. The number of hydrogen-bond donors (Lipinski definition) is 1. The van der Waals surface area contributed by atoms with E-state index >= 15 is 0 Å². The van der Waals surface area contributed by atoms with Gasteiger partial charge >= 0.3 is 5.97 Å². The lowest BCUT2D eigenvalue weighted by molar-refractivity contribution is 0.0696. The van der Waals surface area contributed by atoms with E-state index in [1.807, 2.05) is 18.2 Å². The van der Waals surface area contributed by atoms with Crippen LogP contribution in [0.15, 0.2) is 60.7 Å². The van der Waals surface area contributed by atoms with E-state index < -0.39 is 5.97 Å². The van der Waals surface area contributed by atoms with Crippen LogP contribution < -0.4 is 0 Å². The third-order valence-electron chi connectivity index (χ3n) is 7.72. The monoisotopic (exact) mass is 501 g/mol. The molecular formula is C32H33F2NO2. The number of carboxylic acids is 1. The van der Waals surface area contributed by atoms with Crippen molar-refractivity contribution in [2.75, 3.05) is 26.3 Å². The molecule has 0 spiro atoms. The van der Waals surface area contributed by atoms with Crippen LogP contribution in [-0.2, 0) is 12.8 Å². The van der Waals surface area contributed by atoms with Crippen LogP contribution in [0.2, 0.25) is 0 Å². The molecule has 3 aromatic rings. The van der Waals surface area contributed by atoms with Gasteiger partial charge in [0.1, 0.15) is 5.82 Å². The van der Waals surface area contributed by atoms with Crippen molar-refractivity contribution in [3.8, 4) is 0 Å². The van der Waals surface area contributed by atoms with Gasteiger partial charge in [0, 0.05) is 19.6 Å². The Labute approximate surface area is 217 Å². The summed E-state index contributed by atoms with van der Waals surface area (Å²) >= 11 is 0. The summed E-state index contributed by atoms with van der Waals surface area (Å²) in [4.78, 5) is 13.9. The number of allylic oxidation sites excluding steroid dienone is 1. The van der Waals surface area contributed by atoms with E-state index in [0.29, 0.717) is 23.5 Å². The van der Waals surface area contributed by atoms with Crippen molar-refractivity contribution in [3.05, 3.63) is 105 Å². The first-order valence-corrected chi connectivity index (χ1v) is 13.2. The highest BCUT2D eigenvalue weighted by Crippen LogP contribution is 2.40. The lowest BCUT2D eigenvalue weighted by Gasteiger charge is -2.39. The van der Waals surface area contributed by atoms with E-state index in [9.17, 15) is 18.7 Å². The molecule has 0 aromatic heterocycles. The first kappa shape index (κ1) is 25.3. The maximum absolute atomic E-state index is 14.6. The Balaban J connectivity index is 1.50. The molecule has 5 rings (SSSR count). The number of benzene rings is 3. The van der Waals surface area contributed by atoms with Crippen LogP contribution in [0, 0.1) is 18.7 Å². The molecular weight excluding hydrogens is 468 g/mol. The zero-order valence-electron chi connectivity index (χ0n) is 21.3. The molecule has 0 atom stereocenters. The number of alkyl halides is 1.